The minimum Gasteiger partial charge on any atom is -0.333 e. The first-order valence-corrected chi connectivity index (χ1v) is 10.5. The van der Waals surface area contributed by atoms with Gasteiger partial charge in [0.25, 0.3) is 0 Å². The lowest BCUT2D eigenvalue weighted by atomic mass is 9.95. The SMILES string of the molecule is C=CCN(Cc1cccs1)C(=O)CN1CCC(C(=O)Nc2ccccc2)CC1. The van der Waals surface area contributed by atoms with Crippen LogP contribution in [0.2, 0.25) is 0 Å². The lowest BCUT2D eigenvalue weighted by Crippen LogP contribution is -2.44. The smallest absolute Gasteiger partial charge is 0.237 e. The van der Waals surface area contributed by atoms with Crippen LogP contribution in [0.1, 0.15) is 17.7 Å². The second kappa shape index (κ2) is 10.2. The van der Waals surface area contributed by atoms with Crippen LogP contribution in [0, 0.1) is 5.92 Å². The van der Waals surface area contributed by atoms with Gasteiger partial charge in [-0.2, -0.15) is 0 Å². The second-order valence-corrected chi connectivity index (χ2v) is 8.08. The standard InChI is InChI=1S/C22H27N3O2S/c1-2-12-25(16-20-9-6-15-28-20)21(26)17-24-13-10-18(11-14-24)22(27)23-19-7-4-3-5-8-19/h2-9,15,18H,1,10-14,16-17H2,(H,23,27). The number of amides is 2. The van der Waals surface area contributed by atoms with E-state index in [0.29, 0.717) is 19.6 Å². The van der Waals surface area contributed by atoms with Crippen LogP contribution >= 0.6 is 11.3 Å². The molecular formula is C22H27N3O2S. The summed E-state index contributed by atoms with van der Waals surface area (Å²) in [6.07, 6.45) is 3.32. The van der Waals surface area contributed by atoms with E-state index in [0.717, 1.165) is 31.6 Å². The van der Waals surface area contributed by atoms with Gasteiger partial charge in [0.2, 0.25) is 11.8 Å². The summed E-state index contributed by atoms with van der Waals surface area (Å²) in [5.41, 5.74) is 0.832. The Balaban J connectivity index is 1.46. The highest BCUT2D eigenvalue weighted by atomic mass is 32.1. The number of para-hydroxylation sites is 1. The summed E-state index contributed by atoms with van der Waals surface area (Å²) in [6.45, 7) is 6.87. The Kier molecular flexibility index (Phi) is 7.39. The van der Waals surface area contributed by atoms with Crippen LogP contribution in [-0.4, -0.2) is 47.8 Å². The zero-order valence-electron chi connectivity index (χ0n) is 16.0. The van der Waals surface area contributed by atoms with Crippen molar-refractivity contribution in [1.29, 1.82) is 0 Å². The summed E-state index contributed by atoms with van der Waals surface area (Å²) in [5.74, 6) is 0.186. The lowest BCUT2D eigenvalue weighted by molar-refractivity contribution is -0.133. The van der Waals surface area contributed by atoms with Gasteiger partial charge in [0.15, 0.2) is 0 Å². The molecule has 3 rings (SSSR count). The third-order valence-corrected chi connectivity index (χ3v) is 5.85. The van der Waals surface area contributed by atoms with Gasteiger partial charge in [0, 0.05) is 23.0 Å². The normalized spacial score (nSPS) is 15.1. The number of nitrogens with one attached hydrogen (secondary N) is 1. The Labute approximate surface area is 170 Å². The average Bonchev–Trinajstić information content (AvgIpc) is 3.22. The molecule has 1 aromatic carbocycles. The molecule has 0 spiro atoms. The molecule has 0 saturated carbocycles. The van der Waals surface area contributed by atoms with Crippen molar-refractivity contribution in [3.63, 3.8) is 0 Å². The molecule has 1 aromatic heterocycles. The van der Waals surface area contributed by atoms with Crippen molar-refractivity contribution in [2.24, 2.45) is 5.92 Å². The van der Waals surface area contributed by atoms with E-state index in [1.165, 1.54) is 4.88 Å². The van der Waals surface area contributed by atoms with Gasteiger partial charge in [0.1, 0.15) is 0 Å². The second-order valence-electron chi connectivity index (χ2n) is 7.05. The number of benzene rings is 1. The molecule has 5 nitrogen and oxygen atoms in total. The van der Waals surface area contributed by atoms with Crippen molar-refractivity contribution in [1.82, 2.24) is 9.80 Å². The number of hydrogen-bond acceptors (Lipinski definition) is 4. The third-order valence-electron chi connectivity index (χ3n) is 4.99. The quantitative estimate of drug-likeness (QED) is 0.693. The number of piperidine rings is 1. The Bertz CT molecular complexity index is 768. The fraction of sp³-hybridized carbons (Fsp3) is 0.364. The molecule has 0 aliphatic carbocycles. The summed E-state index contributed by atoms with van der Waals surface area (Å²) in [7, 11) is 0. The number of nitrogens with zero attached hydrogens (tertiary/aromatic N) is 2. The Morgan fingerprint density at radius 2 is 1.93 bits per heavy atom. The first-order valence-electron chi connectivity index (χ1n) is 9.65. The summed E-state index contributed by atoms with van der Waals surface area (Å²) in [5, 5.41) is 5.01. The zero-order valence-corrected chi connectivity index (χ0v) is 16.9. The van der Waals surface area contributed by atoms with Crippen molar-refractivity contribution in [3.05, 3.63) is 65.4 Å². The highest BCUT2D eigenvalue weighted by Gasteiger charge is 2.27. The summed E-state index contributed by atoms with van der Waals surface area (Å²) >= 11 is 1.66. The summed E-state index contributed by atoms with van der Waals surface area (Å²) in [6, 6.07) is 13.6. The molecule has 0 bridgehead atoms. The first kappa shape index (κ1) is 20.3. The summed E-state index contributed by atoms with van der Waals surface area (Å²) in [4.78, 5) is 30.4. The molecule has 6 heteroatoms. The van der Waals surface area contributed by atoms with Crippen molar-refractivity contribution in [3.8, 4) is 0 Å². The fourth-order valence-corrected chi connectivity index (χ4v) is 4.13. The predicted octanol–water partition coefficient (Wildman–Crippen LogP) is 3.61. The fourth-order valence-electron chi connectivity index (χ4n) is 3.41. The van der Waals surface area contributed by atoms with E-state index in [-0.39, 0.29) is 17.7 Å². The maximum atomic E-state index is 12.7. The van der Waals surface area contributed by atoms with Crippen LogP contribution in [0.3, 0.4) is 0 Å². The zero-order chi connectivity index (χ0) is 19.8. The van der Waals surface area contributed by atoms with E-state index in [2.05, 4.69) is 16.8 Å². The number of carbonyl (C=O) groups excluding carboxylic acids is 2. The van der Waals surface area contributed by atoms with Gasteiger partial charge >= 0.3 is 0 Å². The van der Waals surface area contributed by atoms with Crippen molar-refractivity contribution < 1.29 is 9.59 Å². The van der Waals surface area contributed by atoms with Crippen molar-refractivity contribution in [2.75, 3.05) is 31.5 Å². The molecule has 1 aliphatic rings. The topological polar surface area (TPSA) is 52.7 Å². The van der Waals surface area contributed by atoms with Crippen LogP contribution in [0.4, 0.5) is 5.69 Å². The minimum absolute atomic E-state index is 0.00181. The van der Waals surface area contributed by atoms with E-state index in [9.17, 15) is 9.59 Å². The predicted molar refractivity (Wildman–Crippen MR) is 114 cm³/mol. The molecule has 2 amide bonds. The van der Waals surface area contributed by atoms with Gasteiger partial charge in [-0.25, -0.2) is 0 Å². The molecule has 1 aliphatic heterocycles. The first-order chi connectivity index (χ1) is 13.7. The minimum atomic E-state index is 0.00181. The van der Waals surface area contributed by atoms with E-state index in [4.69, 9.17) is 0 Å². The Morgan fingerprint density at radius 1 is 1.18 bits per heavy atom. The van der Waals surface area contributed by atoms with Gasteiger partial charge in [-0.05, 0) is 49.5 Å². The van der Waals surface area contributed by atoms with Crippen molar-refractivity contribution >= 4 is 28.8 Å². The molecule has 28 heavy (non-hydrogen) atoms. The largest absolute Gasteiger partial charge is 0.333 e. The van der Waals surface area contributed by atoms with Gasteiger partial charge in [0.05, 0.1) is 13.1 Å². The van der Waals surface area contributed by atoms with Gasteiger partial charge in [-0.15, -0.1) is 17.9 Å². The number of rotatable bonds is 8. The monoisotopic (exact) mass is 397 g/mol. The van der Waals surface area contributed by atoms with Gasteiger partial charge in [-0.3, -0.25) is 14.5 Å². The number of likely N-dealkylation sites (tertiary alicyclic amines) is 1. The Hall–Kier alpha value is -2.44. The van der Waals surface area contributed by atoms with Crippen LogP contribution in [0.25, 0.3) is 0 Å². The molecule has 0 unspecified atom stereocenters. The number of carbonyl (C=O) groups is 2. The van der Waals surface area contributed by atoms with E-state index < -0.39 is 0 Å². The maximum absolute atomic E-state index is 12.7. The number of anilines is 1. The molecule has 1 saturated heterocycles. The highest BCUT2D eigenvalue weighted by Crippen LogP contribution is 2.20. The highest BCUT2D eigenvalue weighted by molar-refractivity contribution is 7.09. The Morgan fingerprint density at radius 3 is 2.57 bits per heavy atom. The lowest BCUT2D eigenvalue weighted by Gasteiger charge is -2.32. The average molecular weight is 398 g/mol. The van der Waals surface area contributed by atoms with Crippen LogP contribution in [0.5, 0.6) is 0 Å². The van der Waals surface area contributed by atoms with Crippen molar-refractivity contribution in [2.45, 2.75) is 19.4 Å². The van der Waals surface area contributed by atoms with Crippen LogP contribution in [0.15, 0.2) is 60.5 Å². The molecule has 1 N–H and O–H groups in total. The number of hydrogen-bond donors (Lipinski definition) is 1. The van der Waals surface area contributed by atoms with Crippen LogP contribution < -0.4 is 5.32 Å². The van der Waals surface area contributed by atoms with E-state index >= 15 is 0 Å². The molecule has 0 atom stereocenters. The van der Waals surface area contributed by atoms with Gasteiger partial charge in [-0.1, -0.05) is 30.3 Å². The van der Waals surface area contributed by atoms with E-state index in [1.807, 2.05) is 52.7 Å². The maximum Gasteiger partial charge on any atom is 0.237 e. The molecule has 2 aromatic rings. The summed E-state index contributed by atoms with van der Waals surface area (Å²) < 4.78 is 0. The molecule has 148 valence electrons. The van der Waals surface area contributed by atoms with Crippen LogP contribution in [-0.2, 0) is 16.1 Å². The molecule has 2 heterocycles. The number of thiophene rings is 1. The molecule has 0 radical (unpaired) electrons. The van der Waals surface area contributed by atoms with E-state index in [1.54, 1.807) is 17.4 Å². The van der Waals surface area contributed by atoms with Gasteiger partial charge < -0.3 is 10.2 Å². The molecular weight excluding hydrogens is 370 g/mol. The third kappa shape index (κ3) is 5.78. The molecule has 1 fully saturated rings.